The monoisotopic (exact) mass is 425 g/mol. The fourth-order valence-electron chi connectivity index (χ4n) is 3.00. The molecular formula is C21H17F2N5O3. The highest BCUT2D eigenvalue weighted by atomic mass is 19.3. The summed E-state index contributed by atoms with van der Waals surface area (Å²) in [4.78, 5) is 21.7. The molecule has 0 saturated carbocycles. The van der Waals surface area contributed by atoms with Crippen LogP contribution < -0.4 is 5.56 Å². The van der Waals surface area contributed by atoms with Crippen molar-refractivity contribution < 1.29 is 18.3 Å². The van der Waals surface area contributed by atoms with Crippen LogP contribution in [0.25, 0.3) is 22.8 Å². The third kappa shape index (κ3) is 4.24. The zero-order valence-corrected chi connectivity index (χ0v) is 16.3. The number of halogens is 2. The summed E-state index contributed by atoms with van der Waals surface area (Å²) in [7, 11) is 0. The van der Waals surface area contributed by atoms with Crippen LogP contribution in [-0.2, 0) is 6.54 Å². The van der Waals surface area contributed by atoms with Gasteiger partial charge in [-0.2, -0.15) is 8.78 Å². The Morgan fingerprint density at radius 1 is 1.03 bits per heavy atom. The van der Waals surface area contributed by atoms with Crippen LogP contribution in [0.15, 0.2) is 64.1 Å². The Bertz CT molecular complexity index is 1240. The number of rotatable bonds is 6. The van der Waals surface area contributed by atoms with Crippen molar-refractivity contribution >= 4 is 0 Å². The molecule has 0 bridgehead atoms. The third-order valence-corrected chi connectivity index (χ3v) is 4.57. The molecule has 0 aliphatic carbocycles. The summed E-state index contributed by atoms with van der Waals surface area (Å²) >= 11 is 0. The van der Waals surface area contributed by atoms with Crippen molar-refractivity contribution in [3.05, 3.63) is 82.4 Å². The number of pyridine rings is 1. The molecule has 0 radical (unpaired) electrons. The smallest absolute Gasteiger partial charge is 0.314 e. The molecule has 0 amide bonds. The summed E-state index contributed by atoms with van der Waals surface area (Å²) in [6.07, 6.45) is -1.06. The minimum Gasteiger partial charge on any atom is -0.415 e. The molecule has 0 aliphatic heterocycles. The van der Waals surface area contributed by atoms with Crippen molar-refractivity contribution in [2.24, 2.45) is 0 Å². The van der Waals surface area contributed by atoms with Gasteiger partial charge < -0.3 is 9.52 Å². The lowest BCUT2D eigenvalue weighted by atomic mass is 10.1. The van der Waals surface area contributed by atoms with Crippen LogP contribution >= 0.6 is 0 Å². The standard InChI is InChI=1S/C21H17F2N5O3/c1-12(29)16-10-25-18(13-5-3-2-4-6-13)28(21(16)30)11-15-8-7-14(9-24-15)19-26-27-20(31-19)17(22)23/h2-10,12,17,29H,11H2,1H3. The molecule has 0 spiro atoms. The second-order valence-electron chi connectivity index (χ2n) is 6.75. The third-order valence-electron chi connectivity index (χ3n) is 4.57. The van der Waals surface area contributed by atoms with E-state index in [4.69, 9.17) is 4.42 Å². The Morgan fingerprint density at radius 3 is 2.42 bits per heavy atom. The van der Waals surface area contributed by atoms with Gasteiger partial charge in [-0.3, -0.25) is 14.3 Å². The zero-order valence-electron chi connectivity index (χ0n) is 16.3. The van der Waals surface area contributed by atoms with E-state index in [9.17, 15) is 18.7 Å². The highest BCUT2D eigenvalue weighted by Crippen LogP contribution is 2.23. The van der Waals surface area contributed by atoms with Crippen LogP contribution in [0, 0.1) is 0 Å². The molecule has 31 heavy (non-hydrogen) atoms. The fourth-order valence-corrected chi connectivity index (χ4v) is 3.00. The van der Waals surface area contributed by atoms with Crippen molar-refractivity contribution in [1.29, 1.82) is 0 Å². The van der Waals surface area contributed by atoms with E-state index in [0.29, 0.717) is 17.1 Å². The second kappa shape index (κ2) is 8.52. The Hall–Kier alpha value is -3.79. The van der Waals surface area contributed by atoms with Gasteiger partial charge in [0.2, 0.25) is 5.89 Å². The quantitative estimate of drug-likeness (QED) is 0.505. The summed E-state index contributed by atoms with van der Waals surface area (Å²) in [6.45, 7) is 1.58. The lowest BCUT2D eigenvalue weighted by Gasteiger charge is -2.14. The first-order valence-electron chi connectivity index (χ1n) is 9.34. The fraction of sp³-hybridized carbons (Fsp3) is 0.190. The molecule has 1 aromatic carbocycles. The maximum absolute atomic E-state index is 13.0. The van der Waals surface area contributed by atoms with E-state index in [2.05, 4.69) is 20.2 Å². The SMILES string of the molecule is CC(O)c1cnc(-c2ccccc2)n(Cc2ccc(-c3nnc(C(F)F)o3)cn2)c1=O. The first kappa shape index (κ1) is 20.5. The van der Waals surface area contributed by atoms with E-state index in [1.165, 1.54) is 23.9 Å². The van der Waals surface area contributed by atoms with Gasteiger partial charge in [0.25, 0.3) is 11.4 Å². The summed E-state index contributed by atoms with van der Waals surface area (Å²) in [5.41, 5.74) is 1.41. The number of aromatic nitrogens is 5. The van der Waals surface area contributed by atoms with Gasteiger partial charge >= 0.3 is 6.43 Å². The predicted octanol–water partition coefficient (Wildman–Crippen LogP) is 3.39. The molecule has 8 nitrogen and oxygen atoms in total. The predicted molar refractivity (Wildman–Crippen MR) is 106 cm³/mol. The highest BCUT2D eigenvalue weighted by Gasteiger charge is 2.18. The van der Waals surface area contributed by atoms with E-state index in [1.54, 1.807) is 12.1 Å². The number of nitrogens with zero attached hydrogens (tertiary/aromatic N) is 5. The lowest BCUT2D eigenvalue weighted by molar-refractivity contribution is 0.116. The molecule has 0 fully saturated rings. The van der Waals surface area contributed by atoms with E-state index >= 15 is 0 Å². The molecule has 1 N–H and O–H groups in total. The summed E-state index contributed by atoms with van der Waals surface area (Å²) < 4.78 is 31.6. The van der Waals surface area contributed by atoms with Gasteiger partial charge in [-0.25, -0.2) is 4.98 Å². The van der Waals surface area contributed by atoms with E-state index < -0.39 is 18.4 Å². The molecule has 10 heteroatoms. The Morgan fingerprint density at radius 2 is 1.81 bits per heavy atom. The molecule has 4 aromatic rings. The minimum atomic E-state index is -2.86. The average Bonchev–Trinajstić information content (AvgIpc) is 3.27. The summed E-state index contributed by atoms with van der Waals surface area (Å²) in [6, 6.07) is 12.4. The van der Waals surface area contributed by atoms with Crippen molar-refractivity contribution in [1.82, 2.24) is 24.7 Å². The van der Waals surface area contributed by atoms with E-state index in [-0.39, 0.29) is 23.6 Å². The molecule has 3 aromatic heterocycles. The number of benzene rings is 1. The van der Waals surface area contributed by atoms with Crippen molar-refractivity contribution in [2.45, 2.75) is 26.0 Å². The van der Waals surface area contributed by atoms with Gasteiger partial charge in [0.1, 0.15) is 5.82 Å². The Kier molecular flexibility index (Phi) is 5.63. The van der Waals surface area contributed by atoms with Crippen molar-refractivity contribution in [3.63, 3.8) is 0 Å². The summed E-state index contributed by atoms with van der Waals surface area (Å²) in [5, 5.41) is 16.8. The van der Waals surface area contributed by atoms with E-state index in [0.717, 1.165) is 5.56 Å². The van der Waals surface area contributed by atoms with Crippen LogP contribution in [0.4, 0.5) is 8.78 Å². The van der Waals surface area contributed by atoms with Gasteiger partial charge in [-0.15, -0.1) is 10.2 Å². The van der Waals surface area contributed by atoms with Crippen molar-refractivity contribution in [2.75, 3.05) is 0 Å². The van der Waals surface area contributed by atoms with E-state index in [1.807, 2.05) is 30.3 Å². The van der Waals surface area contributed by atoms with Crippen molar-refractivity contribution in [3.8, 4) is 22.8 Å². The van der Waals surface area contributed by atoms with Crippen LogP contribution in [0.5, 0.6) is 0 Å². The average molecular weight is 425 g/mol. The molecule has 158 valence electrons. The number of hydrogen-bond acceptors (Lipinski definition) is 7. The maximum Gasteiger partial charge on any atom is 0.314 e. The summed E-state index contributed by atoms with van der Waals surface area (Å²) in [5.74, 6) is -0.409. The van der Waals surface area contributed by atoms with Gasteiger partial charge in [-0.1, -0.05) is 30.3 Å². The molecule has 1 atom stereocenters. The zero-order chi connectivity index (χ0) is 22.0. The van der Waals surface area contributed by atoms with Crippen LogP contribution in [0.1, 0.15) is 36.6 Å². The van der Waals surface area contributed by atoms with Crippen LogP contribution in [0.3, 0.4) is 0 Å². The second-order valence-corrected chi connectivity index (χ2v) is 6.75. The lowest BCUT2D eigenvalue weighted by Crippen LogP contribution is -2.28. The van der Waals surface area contributed by atoms with Gasteiger partial charge in [0.15, 0.2) is 0 Å². The minimum absolute atomic E-state index is 0.0748. The van der Waals surface area contributed by atoms with Gasteiger partial charge in [0.05, 0.1) is 29.5 Å². The highest BCUT2D eigenvalue weighted by molar-refractivity contribution is 5.55. The Balaban J connectivity index is 1.69. The number of alkyl halides is 2. The normalized spacial score (nSPS) is 12.3. The molecule has 4 rings (SSSR count). The molecule has 0 aliphatic rings. The van der Waals surface area contributed by atoms with Gasteiger partial charge in [-0.05, 0) is 19.1 Å². The number of aliphatic hydroxyl groups is 1. The first-order valence-corrected chi connectivity index (χ1v) is 9.34. The first-order chi connectivity index (χ1) is 14.9. The van der Waals surface area contributed by atoms with Gasteiger partial charge in [0, 0.05) is 18.0 Å². The Labute approximate surface area is 174 Å². The topological polar surface area (TPSA) is 107 Å². The maximum atomic E-state index is 13.0. The molecule has 0 saturated heterocycles. The molecule has 1 unspecified atom stereocenters. The van der Waals surface area contributed by atoms with Crippen LogP contribution in [0.2, 0.25) is 0 Å². The number of hydrogen-bond donors (Lipinski definition) is 1. The number of aliphatic hydroxyl groups excluding tert-OH is 1. The molecule has 3 heterocycles. The van der Waals surface area contributed by atoms with Crippen LogP contribution in [-0.4, -0.2) is 29.8 Å². The largest absolute Gasteiger partial charge is 0.415 e. The molecular weight excluding hydrogens is 408 g/mol.